The van der Waals surface area contributed by atoms with E-state index in [1.807, 2.05) is 0 Å². The van der Waals surface area contributed by atoms with Crippen LogP contribution < -0.4 is 0 Å². The van der Waals surface area contributed by atoms with Gasteiger partial charge in [-0.05, 0) is 32.1 Å². The van der Waals surface area contributed by atoms with Crippen molar-refractivity contribution in [2.75, 3.05) is 0 Å². The SMILES string of the molecule is CCCCCCCCC(C)(C)CC=C(C)C. The minimum Gasteiger partial charge on any atom is -0.0854 e. The molecule has 0 N–H and O–H groups in total. The normalized spacial score (nSPS) is 11.6. The van der Waals surface area contributed by atoms with Crippen molar-refractivity contribution in [1.29, 1.82) is 0 Å². The Kier molecular flexibility index (Phi) is 8.70. The van der Waals surface area contributed by atoms with Crippen LogP contribution in [0.5, 0.6) is 0 Å². The first-order valence-corrected chi connectivity index (χ1v) is 7.11. The second-order valence-corrected chi connectivity index (χ2v) is 6.17. The summed E-state index contributed by atoms with van der Waals surface area (Å²) in [5.41, 5.74) is 1.96. The second kappa shape index (κ2) is 8.84. The van der Waals surface area contributed by atoms with Gasteiger partial charge in [0.05, 0.1) is 0 Å². The Labute approximate surface area is 104 Å². The van der Waals surface area contributed by atoms with Crippen LogP contribution in [0.4, 0.5) is 0 Å². The summed E-state index contributed by atoms with van der Waals surface area (Å²) < 4.78 is 0. The lowest BCUT2D eigenvalue weighted by Gasteiger charge is -2.23. The molecule has 0 atom stereocenters. The molecule has 0 heteroatoms. The van der Waals surface area contributed by atoms with Crippen LogP contribution in [-0.2, 0) is 0 Å². The molecule has 0 nitrogen and oxygen atoms in total. The molecule has 0 aliphatic carbocycles. The van der Waals surface area contributed by atoms with Crippen LogP contribution >= 0.6 is 0 Å². The maximum Gasteiger partial charge on any atom is -0.0297 e. The Morgan fingerprint density at radius 2 is 1.50 bits per heavy atom. The summed E-state index contributed by atoms with van der Waals surface area (Å²) in [6, 6.07) is 0. The predicted molar refractivity (Wildman–Crippen MR) is 75.8 cm³/mol. The smallest absolute Gasteiger partial charge is 0.0297 e. The highest BCUT2D eigenvalue weighted by molar-refractivity contribution is 4.95. The quantitative estimate of drug-likeness (QED) is 0.327. The molecule has 0 aromatic heterocycles. The highest BCUT2D eigenvalue weighted by Crippen LogP contribution is 2.28. The zero-order chi connectivity index (χ0) is 12.4. The fraction of sp³-hybridized carbons (Fsp3) is 0.875. The van der Waals surface area contributed by atoms with Crippen LogP contribution in [0.15, 0.2) is 11.6 Å². The fourth-order valence-electron chi connectivity index (χ4n) is 1.97. The van der Waals surface area contributed by atoms with Crippen LogP contribution in [0, 0.1) is 5.41 Å². The van der Waals surface area contributed by atoms with E-state index in [4.69, 9.17) is 0 Å². The van der Waals surface area contributed by atoms with E-state index in [0.29, 0.717) is 5.41 Å². The van der Waals surface area contributed by atoms with Crippen molar-refractivity contribution >= 4 is 0 Å². The van der Waals surface area contributed by atoms with Gasteiger partial charge in [-0.15, -0.1) is 0 Å². The van der Waals surface area contributed by atoms with E-state index in [1.54, 1.807) is 0 Å². The lowest BCUT2D eigenvalue weighted by atomic mass is 9.83. The highest BCUT2D eigenvalue weighted by atomic mass is 14.2. The van der Waals surface area contributed by atoms with Gasteiger partial charge in [0.1, 0.15) is 0 Å². The van der Waals surface area contributed by atoms with Gasteiger partial charge < -0.3 is 0 Å². The minimum atomic E-state index is 0.502. The molecule has 0 unspecified atom stereocenters. The van der Waals surface area contributed by atoms with Crippen molar-refractivity contribution in [3.05, 3.63) is 11.6 Å². The van der Waals surface area contributed by atoms with Crippen molar-refractivity contribution in [3.8, 4) is 0 Å². The van der Waals surface area contributed by atoms with Gasteiger partial charge in [0, 0.05) is 0 Å². The molecule has 16 heavy (non-hydrogen) atoms. The predicted octanol–water partition coefficient (Wildman–Crippen LogP) is 6.12. The number of unbranched alkanes of at least 4 members (excludes halogenated alkanes) is 5. The number of rotatable bonds is 9. The molecular formula is C16H32. The fourth-order valence-corrected chi connectivity index (χ4v) is 1.97. The van der Waals surface area contributed by atoms with Crippen LogP contribution in [0.25, 0.3) is 0 Å². The van der Waals surface area contributed by atoms with E-state index in [0.717, 1.165) is 0 Å². The zero-order valence-corrected chi connectivity index (χ0v) is 12.2. The maximum absolute atomic E-state index is 2.40. The molecule has 0 saturated heterocycles. The molecular weight excluding hydrogens is 192 g/mol. The zero-order valence-electron chi connectivity index (χ0n) is 12.2. The van der Waals surface area contributed by atoms with Gasteiger partial charge in [0.2, 0.25) is 0 Å². The third-order valence-corrected chi connectivity index (χ3v) is 3.27. The van der Waals surface area contributed by atoms with Crippen molar-refractivity contribution in [2.45, 2.75) is 86.0 Å². The van der Waals surface area contributed by atoms with Gasteiger partial charge >= 0.3 is 0 Å². The third-order valence-electron chi connectivity index (χ3n) is 3.27. The van der Waals surface area contributed by atoms with Crippen molar-refractivity contribution < 1.29 is 0 Å². The Bertz CT molecular complexity index is 182. The van der Waals surface area contributed by atoms with Crippen molar-refractivity contribution in [2.24, 2.45) is 5.41 Å². The molecule has 0 rings (SSSR count). The first kappa shape index (κ1) is 15.7. The Morgan fingerprint density at radius 3 is 2.06 bits per heavy atom. The van der Waals surface area contributed by atoms with E-state index in [9.17, 15) is 0 Å². The van der Waals surface area contributed by atoms with Gasteiger partial charge in [-0.1, -0.05) is 70.9 Å². The summed E-state index contributed by atoms with van der Waals surface area (Å²) in [6.45, 7) is 11.5. The molecule has 0 heterocycles. The third kappa shape index (κ3) is 10.3. The monoisotopic (exact) mass is 224 g/mol. The second-order valence-electron chi connectivity index (χ2n) is 6.17. The van der Waals surface area contributed by atoms with E-state index in [1.165, 1.54) is 56.9 Å². The van der Waals surface area contributed by atoms with E-state index < -0.39 is 0 Å². The first-order valence-electron chi connectivity index (χ1n) is 7.11. The highest BCUT2D eigenvalue weighted by Gasteiger charge is 2.15. The molecule has 0 radical (unpaired) electrons. The number of allylic oxidation sites excluding steroid dienone is 2. The molecule has 0 aliphatic heterocycles. The van der Waals surface area contributed by atoms with Gasteiger partial charge in [0.25, 0.3) is 0 Å². The molecule has 0 aliphatic rings. The van der Waals surface area contributed by atoms with Crippen molar-refractivity contribution in [3.63, 3.8) is 0 Å². The Morgan fingerprint density at radius 1 is 0.938 bits per heavy atom. The van der Waals surface area contributed by atoms with Crippen LogP contribution in [-0.4, -0.2) is 0 Å². The van der Waals surface area contributed by atoms with Gasteiger partial charge in [-0.3, -0.25) is 0 Å². The molecule has 96 valence electrons. The number of hydrogen-bond donors (Lipinski definition) is 0. The van der Waals surface area contributed by atoms with Gasteiger partial charge in [0.15, 0.2) is 0 Å². The van der Waals surface area contributed by atoms with Crippen LogP contribution in [0.2, 0.25) is 0 Å². The molecule has 0 spiro atoms. The lowest BCUT2D eigenvalue weighted by Crippen LogP contribution is -2.09. The summed E-state index contributed by atoms with van der Waals surface area (Å²) in [7, 11) is 0. The van der Waals surface area contributed by atoms with E-state index >= 15 is 0 Å². The minimum absolute atomic E-state index is 0.502. The average Bonchev–Trinajstić information content (AvgIpc) is 2.21. The van der Waals surface area contributed by atoms with Crippen LogP contribution in [0.1, 0.15) is 86.0 Å². The van der Waals surface area contributed by atoms with E-state index in [-0.39, 0.29) is 0 Å². The average molecular weight is 224 g/mol. The topological polar surface area (TPSA) is 0 Å². The first-order chi connectivity index (χ1) is 7.48. The molecule has 0 aromatic rings. The molecule has 0 aromatic carbocycles. The Hall–Kier alpha value is -0.260. The summed E-state index contributed by atoms with van der Waals surface area (Å²) >= 11 is 0. The largest absolute Gasteiger partial charge is 0.0854 e. The van der Waals surface area contributed by atoms with Gasteiger partial charge in [-0.2, -0.15) is 0 Å². The van der Waals surface area contributed by atoms with E-state index in [2.05, 4.69) is 40.7 Å². The summed E-state index contributed by atoms with van der Waals surface area (Å²) in [6.07, 6.45) is 13.5. The lowest BCUT2D eigenvalue weighted by molar-refractivity contribution is 0.322. The van der Waals surface area contributed by atoms with Crippen molar-refractivity contribution in [1.82, 2.24) is 0 Å². The maximum atomic E-state index is 2.40. The Balaban J connectivity index is 3.54. The standard InChI is InChI=1S/C16H32/c1-6-7-8-9-10-11-13-16(4,5)14-12-15(2)3/h12H,6-11,13-14H2,1-5H3. The molecule has 0 saturated carbocycles. The summed E-state index contributed by atoms with van der Waals surface area (Å²) in [5, 5.41) is 0. The molecule has 0 amide bonds. The van der Waals surface area contributed by atoms with Crippen LogP contribution in [0.3, 0.4) is 0 Å². The summed E-state index contributed by atoms with van der Waals surface area (Å²) in [4.78, 5) is 0. The number of hydrogen-bond acceptors (Lipinski definition) is 0. The summed E-state index contributed by atoms with van der Waals surface area (Å²) in [5.74, 6) is 0. The molecule has 0 bridgehead atoms. The van der Waals surface area contributed by atoms with Gasteiger partial charge in [-0.25, -0.2) is 0 Å². The molecule has 0 fully saturated rings.